The Morgan fingerprint density at radius 3 is 1.37 bits per heavy atom. The topological polar surface area (TPSA) is 151 Å². The molecule has 0 bridgehead atoms. The highest BCUT2D eigenvalue weighted by Gasteiger charge is 2.27. The number of aliphatic hydroxyl groups is 2. The van der Waals surface area contributed by atoms with Crippen molar-refractivity contribution in [3.63, 3.8) is 0 Å². The van der Waals surface area contributed by atoms with Gasteiger partial charge in [0.1, 0.15) is 34.5 Å². The van der Waals surface area contributed by atoms with Gasteiger partial charge < -0.3 is 44.2 Å². The Morgan fingerprint density at radius 2 is 0.968 bits per heavy atom. The van der Waals surface area contributed by atoms with Gasteiger partial charge in [-0.25, -0.2) is 14.5 Å². The predicted octanol–water partition coefficient (Wildman–Crippen LogP) is 10.8. The van der Waals surface area contributed by atoms with Crippen LogP contribution in [-0.2, 0) is 24.5 Å². The number of fused-ring (bicyclic) bond motifs is 1. The minimum Gasteiger partial charge on any atom is -0.457 e. The molecule has 0 aliphatic carbocycles. The van der Waals surface area contributed by atoms with Crippen molar-refractivity contribution in [2.24, 2.45) is 0 Å². The molecule has 0 saturated heterocycles. The zero-order valence-corrected chi connectivity index (χ0v) is 42.7. The predicted molar refractivity (Wildman–Crippen MR) is 285 cm³/mol. The van der Waals surface area contributed by atoms with E-state index in [2.05, 4.69) is 82.3 Å². The van der Waals surface area contributed by atoms with Crippen LogP contribution in [0.4, 0.5) is 17.1 Å². The molecule has 0 amide bonds. The van der Waals surface area contributed by atoms with E-state index in [4.69, 9.17) is 48.6 Å². The second kappa shape index (κ2) is 30.2. The number of aryl methyl sites for hydroxylation is 1. The Balaban J connectivity index is 0.000000307. The lowest BCUT2D eigenvalue weighted by Crippen LogP contribution is -2.32. The molecule has 0 atom stereocenters. The highest BCUT2D eigenvalue weighted by Crippen LogP contribution is 2.28. The lowest BCUT2D eigenvalue weighted by atomic mass is 9.77. The van der Waals surface area contributed by atoms with Crippen LogP contribution < -0.4 is 25.1 Å². The van der Waals surface area contributed by atoms with E-state index in [1.165, 1.54) is 14.6 Å². The molecule has 324 valence electrons. The summed E-state index contributed by atoms with van der Waals surface area (Å²) >= 11 is 6.70. The smallest absolute Gasteiger partial charge is 0.457 e. The monoisotopic (exact) mass is 1300 g/mol. The molecule has 12 nitrogen and oxygen atoms in total. The van der Waals surface area contributed by atoms with Crippen molar-refractivity contribution in [3.8, 4) is 34.5 Å². The first kappa shape index (κ1) is 55.1. The van der Waals surface area contributed by atoms with Crippen molar-refractivity contribution in [1.29, 1.82) is 0 Å². The number of rotatable bonds is 9. The lowest BCUT2D eigenvalue weighted by Gasteiger charge is -2.10. The molecule has 0 aromatic heterocycles. The number of hydrogen-bond donors (Lipinski definition) is 5. The molecule has 0 unspecified atom stereocenters. The van der Waals surface area contributed by atoms with Crippen LogP contribution in [0.25, 0.3) is 14.5 Å². The standard InChI is InChI=1S/C15H13NO2.C14H12BNO4.C14H10BNO3.CH2I2.CH3I.HI/c1-11-3-6-15(9-12(11)10-17)18-14-7-4-13(16-2)5-8-14;1-16-11-2-4-12(5-3-11)20-13-6-7-14(15(18)19)10(8-13)9-17;1-16-11-2-4-12(5-3-11)19-13-6-7-14-10(8-13)9-18-15(14)17;2-1-3;1-2;/h3-9,17H,10H2,1H3;2-8,17-19H,9H2;2-8,17H,9H2;1H2;1H3;1H. The Kier molecular flexibility index (Phi) is 26.4. The van der Waals surface area contributed by atoms with Gasteiger partial charge in [0.05, 0.1) is 42.0 Å². The third-order valence-corrected chi connectivity index (χ3v) is 8.44. The maximum absolute atomic E-state index is 9.53. The van der Waals surface area contributed by atoms with E-state index in [9.17, 15) is 15.2 Å². The van der Waals surface area contributed by atoms with E-state index in [0.717, 1.165) is 22.2 Å². The number of ether oxygens (including phenoxy) is 3. The second-order valence-corrected chi connectivity index (χ2v) is 16.8. The van der Waals surface area contributed by atoms with E-state index in [0.29, 0.717) is 63.7 Å². The minimum atomic E-state index is -1.64. The van der Waals surface area contributed by atoms with Crippen molar-refractivity contribution in [1.82, 2.24) is 0 Å². The fraction of sp³-hybridized carbons (Fsp3) is 0.133. The first-order valence-corrected chi connectivity index (χ1v) is 23.4. The maximum Gasteiger partial charge on any atom is 0.491 e. The van der Waals surface area contributed by atoms with Crippen molar-refractivity contribution in [2.45, 2.75) is 26.7 Å². The van der Waals surface area contributed by atoms with Gasteiger partial charge in [-0.15, -0.1) is 24.0 Å². The molecular weight excluding hydrogens is 1260 g/mol. The molecule has 1 heterocycles. The summed E-state index contributed by atoms with van der Waals surface area (Å²) in [4.78, 5) is 11.9. The third kappa shape index (κ3) is 18.2. The minimum absolute atomic E-state index is 0. The van der Waals surface area contributed by atoms with Crippen LogP contribution in [0.3, 0.4) is 0 Å². The summed E-state index contributed by atoms with van der Waals surface area (Å²) in [5, 5.41) is 46.2. The summed E-state index contributed by atoms with van der Waals surface area (Å²) in [6.07, 6.45) is 0. The normalized spacial score (nSPS) is 10.2. The van der Waals surface area contributed by atoms with Gasteiger partial charge in [0.15, 0.2) is 17.1 Å². The molecular formula is C45H41B2I4N3O9. The van der Waals surface area contributed by atoms with Gasteiger partial charge in [-0.05, 0) is 118 Å². The summed E-state index contributed by atoms with van der Waals surface area (Å²) < 4.78 is 23.3. The number of alkyl halides is 3. The highest BCUT2D eigenvalue weighted by atomic mass is 127. The molecule has 0 saturated carbocycles. The fourth-order valence-corrected chi connectivity index (χ4v) is 5.36. The molecule has 5 N–H and O–H groups in total. The Hall–Kier alpha value is -4.00. The number of hydrogen-bond acceptors (Lipinski definition) is 9. The summed E-state index contributed by atoms with van der Waals surface area (Å²) in [7, 11) is -2.47. The molecule has 6 aromatic carbocycles. The zero-order valence-electron chi connectivity index (χ0n) is 33.9. The largest absolute Gasteiger partial charge is 0.491 e. The van der Waals surface area contributed by atoms with E-state index in [1.807, 2.05) is 36.1 Å². The van der Waals surface area contributed by atoms with Crippen molar-refractivity contribution < 1.29 is 44.2 Å². The molecule has 0 spiro atoms. The Bertz CT molecular complexity index is 2450. The van der Waals surface area contributed by atoms with Crippen molar-refractivity contribution in [3.05, 3.63) is 184 Å². The number of halogens is 4. The number of aliphatic hydroxyl groups excluding tert-OH is 2. The van der Waals surface area contributed by atoms with Crippen LogP contribution in [0.2, 0.25) is 0 Å². The Morgan fingerprint density at radius 1 is 0.603 bits per heavy atom. The zero-order chi connectivity index (χ0) is 45.4. The van der Waals surface area contributed by atoms with Gasteiger partial charge in [-0.1, -0.05) is 122 Å². The fourth-order valence-electron chi connectivity index (χ4n) is 5.36. The van der Waals surface area contributed by atoms with Crippen LogP contribution in [0.5, 0.6) is 34.5 Å². The first-order valence-electron chi connectivity index (χ1n) is 18.2. The number of benzene rings is 6. The average Bonchev–Trinajstić information content (AvgIpc) is 3.68. The van der Waals surface area contributed by atoms with Crippen LogP contribution in [0.1, 0.15) is 22.3 Å². The van der Waals surface area contributed by atoms with Crippen LogP contribution in [0, 0.1) is 26.6 Å². The van der Waals surface area contributed by atoms with Crippen LogP contribution in [0.15, 0.2) is 127 Å². The van der Waals surface area contributed by atoms with Gasteiger partial charge in [0.2, 0.25) is 0 Å². The quantitative estimate of drug-likeness (QED) is 0.0412. The SMILES string of the molecule is CI.I.ICI.[C-]#[N+]c1ccc(Oc2ccc(B(O)O)c(CO)c2)cc1.[C-]#[N+]c1ccc(Oc2ccc(C)c(CO)c2)cc1.[C-]#[N+]c1ccc(Oc2ccc3c(c2)COB3O)cc1. The summed E-state index contributed by atoms with van der Waals surface area (Å²) in [5.74, 6) is 3.74. The van der Waals surface area contributed by atoms with Crippen LogP contribution in [-0.4, -0.2) is 46.9 Å². The molecule has 1 aliphatic rings. The van der Waals surface area contributed by atoms with Gasteiger partial charge in [-0.3, -0.25) is 0 Å². The van der Waals surface area contributed by atoms with E-state index >= 15 is 0 Å². The van der Waals surface area contributed by atoms with E-state index in [-0.39, 0.29) is 42.7 Å². The molecule has 18 heteroatoms. The van der Waals surface area contributed by atoms with Gasteiger partial charge in [-0.2, -0.15) is 0 Å². The highest BCUT2D eigenvalue weighted by molar-refractivity contribution is 14.2. The maximum atomic E-state index is 9.53. The summed E-state index contributed by atoms with van der Waals surface area (Å²) in [5.41, 5.74) is 5.92. The molecule has 63 heavy (non-hydrogen) atoms. The summed E-state index contributed by atoms with van der Waals surface area (Å²) in [6.45, 7) is 22.6. The molecule has 6 aromatic rings. The molecule has 1 aliphatic heterocycles. The van der Waals surface area contributed by atoms with Crippen molar-refractivity contribution >= 4 is 134 Å². The second-order valence-electron chi connectivity index (χ2n) is 12.4. The lowest BCUT2D eigenvalue weighted by molar-refractivity contribution is 0.275. The molecule has 0 fully saturated rings. The van der Waals surface area contributed by atoms with E-state index in [1.54, 1.807) is 91.0 Å². The molecule has 0 radical (unpaired) electrons. The summed E-state index contributed by atoms with van der Waals surface area (Å²) in [6, 6.07) is 36.1. The number of nitrogens with zero attached hydrogens (tertiary/aromatic N) is 3. The molecule has 7 rings (SSSR count). The van der Waals surface area contributed by atoms with E-state index < -0.39 is 14.2 Å². The third-order valence-electron chi connectivity index (χ3n) is 8.44. The van der Waals surface area contributed by atoms with Crippen molar-refractivity contribution in [2.75, 3.05) is 7.36 Å². The van der Waals surface area contributed by atoms with Gasteiger partial charge >= 0.3 is 14.2 Å². The average molecular weight is 1300 g/mol. The van der Waals surface area contributed by atoms with Gasteiger partial charge in [0.25, 0.3) is 0 Å². The Labute approximate surface area is 426 Å². The van der Waals surface area contributed by atoms with Crippen LogP contribution >= 0.6 is 91.7 Å². The first-order chi connectivity index (χ1) is 30.0. The van der Waals surface area contributed by atoms with Gasteiger partial charge in [0, 0.05) is 0 Å².